The molecule has 21 heavy (non-hydrogen) atoms. The lowest BCUT2D eigenvalue weighted by Crippen LogP contribution is -2.38. The number of rotatable bonds is 8. The highest BCUT2D eigenvalue weighted by molar-refractivity contribution is 7.89. The Kier molecular flexibility index (Phi) is 5.82. The fourth-order valence-electron chi connectivity index (χ4n) is 1.57. The zero-order valence-electron chi connectivity index (χ0n) is 11.4. The highest BCUT2D eigenvalue weighted by Crippen LogP contribution is 2.16. The summed E-state index contributed by atoms with van der Waals surface area (Å²) in [6.07, 6.45) is 0. The van der Waals surface area contributed by atoms with Crippen molar-refractivity contribution in [1.82, 2.24) is 4.31 Å². The number of carbonyl (C=O) groups is 2. The van der Waals surface area contributed by atoms with Gasteiger partial charge in [-0.05, 0) is 24.3 Å². The van der Waals surface area contributed by atoms with Crippen molar-refractivity contribution < 1.29 is 27.9 Å². The van der Waals surface area contributed by atoms with Crippen molar-refractivity contribution in [3.8, 4) is 0 Å². The fraction of sp³-hybridized carbons (Fsp3) is 0.333. The standard InChI is InChI=1S/C12H16N2O6S/c1-20-7-6-14(8-11(15)16)21(18,19)10-4-2-9(3-5-10)12(13)17/h2-5H,6-8H2,1H3,(H2,13,17)(H,15,16). The van der Waals surface area contributed by atoms with Crippen LogP contribution in [0.4, 0.5) is 0 Å². The molecule has 116 valence electrons. The van der Waals surface area contributed by atoms with Crippen LogP contribution in [0, 0.1) is 0 Å². The van der Waals surface area contributed by atoms with E-state index in [1.165, 1.54) is 31.4 Å². The summed E-state index contributed by atoms with van der Waals surface area (Å²) in [4.78, 5) is 21.6. The Bertz CT molecular complexity index is 611. The maximum absolute atomic E-state index is 12.3. The van der Waals surface area contributed by atoms with E-state index >= 15 is 0 Å². The Hall–Kier alpha value is -1.97. The largest absolute Gasteiger partial charge is 0.480 e. The van der Waals surface area contributed by atoms with Crippen LogP contribution in [-0.2, 0) is 19.6 Å². The lowest BCUT2D eigenvalue weighted by molar-refractivity contribution is -0.137. The van der Waals surface area contributed by atoms with Crippen molar-refractivity contribution in [2.24, 2.45) is 5.73 Å². The van der Waals surface area contributed by atoms with E-state index in [-0.39, 0.29) is 23.6 Å². The van der Waals surface area contributed by atoms with Gasteiger partial charge in [0.2, 0.25) is 15.9 Å². The molecule has 0 aromatic heterocycles. The number of aliphatic carboxylic acids is 1. The average Bonchev–Trinajstić information content (AvgIpc) is 2.43. The summed E-state index contributed by atoms with van der Waals surface area (Å²) in [5.41, 5.74) is 5.23. The molecular formula is C12H16N2O6S. The number of hydrogen-bond donors (Lipinski definition) is 2. The van der Waals surface area contributed by atoms with Crippen molar-refractivity contribution in [1.29, 1.82) is 0 Å². The summed E-state index contributed by atoms with van der Waals surface area (Å²) in [6, 6.07) is 4.95. The third-order valence-electron chi connectivity index (χ3n) is 2.63. The number of methoxy groups -OCH3 is 1. The number of carboxylic acids is 1. The number of hydrogen-bond acceptors (Lipinski definition) is 5. The summed E-state index contributed by atoms with van der Waals surface area (Å²) in [5, 5.41) is 8.80. The van der Waals surface area contributed by atoms with Crippen LogP contribution in [0.1, 0.15) is 10.4 Å². The first kappa shape index (κ1) is 17.1. The lowest BCUT2D eigenvalue weighted by Gasteiger charge is -2.20. The number of carbonyl (C=O) groups excluding carboxylic acids is 1. The molecule has 1 aromatic carbocycles. The number of nitrogens with two attached hydrogens (primary N) is 1. The Balaban J connectivity index is 3.08. The Labute approximate surface area is 122 Å². The van der Waals surface area contributed by atoms with Gasteiger partial charge in [-0.25, -0.2) is 8.42 Å². The van der Waals surface area contributed by atoms with Gasteiger partial charge < -0.3 is 15.6 Å². The molecule has 8 nitrogen and oxygen atoms in total. The zero-order chi connectivity index (χ0) is 16.0. The minimum Gasteiger partial charge on any atom is -0.480 e. The van der Waals surface area contributed by atoms with Gasteiger partial charge in [0.15, 0.2) is 0 Å². The molecule has 0 atom stereocenters. The van der Waals surface area contributed by atoms with E-state index in [4.69, 9.17) is 15.6 Å². The van der Waals surface area contributed by atoms with Gasteiger partial charge in [0, 0.05) is 19.2 Å². The van der Waals surface area contributed by atoms with Crippen LogP contribution in [0.2, 0.25) is 0 Å². The molecule has 0 heterocycles. The zero-order valence-corrected chi connectivity index (χ0v) is 12.2. The van der Waals surface area contributed by atoms with Gasteiger partial charge in [-0.1, -0.05) is 0 Å². The van der Waals surface area contributed by atoms with Gasteiger partial charge in [0.05, 0.1) is 11.5 Å². The Morgan fingerprint density at radius 1 is 1.29 bits per heavy atom. The molecule has 0 saturated carbocycles. The van der Waals surface area contributed by atoms with E-state index in [1.807, 2.05) is 0 Å². The molecule has 1 aromatic rings. The second-order valence-electron chi connectivity index (χ2n) is 4.11. The van der Waals surface area contributed by atoms with Crippen LogP contribution in [0.5, 0.6) is 0 Å². The minimum absolute atomic E-state index is 0.0614. The lowest BCUT2D eigenvalue weighted by atomic mass is 10.2. The van der Waals surface area contributed by atoms with E-state index in [0.29, 0.717) is 0 Å². The molecule has 1 amide bonds. The van der Waals surface area contributed by atoms with Crippen LogP contribution in [0.3, 0.4) is 0 Å². The predicted octanol–water partition coefficient (Wildman–Crippen LogP) is -0.493. The molecule has 0 saturated heterocycles. The minimum atomic E-state index is -3.99. The third-order valence-corrected chi connectivity index (χ3v) is 4.49. The first-order chi connectivity index (χ1) is 9.78. The maximum atomic E-state index is 12.3. The normalized spacial score (nSPS) is 11.5. The quantitative estimate of drug-likeness (QED) is 0.666. The number of sulfonamides is 1. The summed E-state index contributed by atoms with van der Waals surface area (Å²) < 4.78 is 30.3. The van der Waals surface area contributed by atoms with Crippen molar-refractivity contribution in [3.63, 3.8) is 0 Å². The summed E-state index contributed by atoms with van der Waals surface area (Å²) in [5.74, 6) is -1.95. The average molecular weight is 316 g/mol. The van der Waals surface area contributed by atoms with Crippen LogP contribution in [0.15, 0.2) is 29.2 Å². The van der Waals surface area contributed by atoms with Crippen LogP contribution in [0.25, 0.3) is 0 Å². The first-order valence-electron chi connectivity index (χ1n) is 5.89. The molecule has 0 fully saturated rings. The van der Waals surface area contributed by atoms with Gasteiger partial charge in [0.1, 0.15) is 6.54 Å². The molecule has 0 aliphatic rings. The predicted molar refractivity (Wildman–Crippen MR) is 73.2 cm³/mol. The van der Waals surface area contributed by atoms with Crippen molar-refractivity contribution in [2.75, 3.05) is 26.8 Å². The highest BCUT2D eigenvalue weighted by Gasteiger charge is 2.26. The van der Waals surface area contributed by atoms with Crippen molar-refractivity contribution >= 4 is 21.9 Å². The molecule has 0 bridgehead atoms. The second kappa shape index (κ2) is 7.16. The van der Waals surface area contributed by atoms with Crippen LogP contribution >= 0.6 is 0 Å². The van der Waals surface area contributed by atoms with E-state index in [0.717, 1.165) is 4.31 Å². The SMILES string of the molecule is COCCN(CC(=O)O)S(=O)(=O)c1ccc(C(N)=O)cc1. The number of ether oxygens (including phenoxy) is 1. The Morgan fingerprint density at radius 2 is 1.86 bits per heavy atom. The highest BCUT2D eigenvalue weighted by atomic mass is 32.2. The maximum Gasteiger partial charge on any atom is 0.318 e. The topological polar surface area (TPSA) is 127 Å². The van der Waals surface area contributed by atoms with Gasteiger partial charge in [-0.3, -0.25) is 9.59 Å². The van der Waals surface area contributed by atoms with Gasteiger partial charge >= 0.3 is 5.97 Å². The van der Waals surface area contributed by atoms with E-state index < -0.39 is 28.4 Å². The molecule has 0 aliphatic carbocycles. The monoisotopic (exact) mass is 316 g/mol. The van der Waals surface area contributed by atoms with Gasteiger partial charge in [-0.2, -0.15) is 4.31 Å². The number of benzene rings is 1. The van der Waals surface area contributed by atoms with Gasteiger partial charge in [-0.15, -0.1) is 0 Å². The number of carboxylic acid groups (broad SMARTS) is 1. The Morgan fingerprint density at radius 3 is 2.29 bits per heavy atom. The second-order valence-corrected chi connectivity index (χ2v) is 6.05. The van der Waals surface area contributed by atoms with E-state index in [2.05, 4.69) is 0 Å². The van der Waals surface area contributed by atoms with Crippen LogP contribution in [-0.4, -0.2) is 56.5 Å². The molecule has 0 aliphatic heterocycles. The summed E-state index contributed by atoms with van der Waals surface area (Å²) in [7, 11) is -2.61. The number of primary amides is 1. The summed E-state index contributed by atoms with van der Waals surface area (Å²) in [6.45, 7) is -0.710. The van der Waals surface area contributed by atoms with Crippen molar-refractivity contribution in [2.45, 2.75) is 4.90 Å². The molecular weight excluding hydrogens is 300 g/mol. The van der Waals surface area contributed by atoms with E-state index in [9.17, 15) is 18.0 Å². The number of amides is 1. The number of nitrogens with zero attached hydrogens (tertiary/aromatic N) is 1. The molecule has 9 heteroatoms. The van der Waals surface area contributed by atoms with E-state index in [1.54, 1.807) is 0 Å². The smallest absolute Gasteiger partial charge is 0.318 e. The van der Waals surface area contributed by atoms with Crippen LogP contribution < -0.4 is 5.73 Å². The molecule has 0 unspecified atom stereocenters. The fourth-order valence-corrected chi connectivity index (χ4v) is 2.94. The molecule has 0 spiro atoms. The van der Waals surface area contributed by atoms with Crippen molar-refractivity contribution in [3.05, 3.63) is 29.8 Å². The third kappa shape index (κ3) is 4.52. The van der Waals surface area contributed by atoms with Gasteiger partial charge in [0.25, 0.3) is 0 Å². The molecule has 3 N–H and O–H groups in total. The summed E-state index contributed by atoms with van der Waals surface area (Å²) >= 11 is 0. The first-order valence-corrected chi connectivity index (χ1v) is 7.33. The molecule has 0 radical (unpaired) electrons. The molecule has 1 rings (SSSR count).